The van der Waals surface area contributed by atoms with Crippen molar-refractivity contribution in [1.82, 2.24) is 14.8 Å². The summed E-state index contributed by atoms with van der Waals surface area (Å²) in [5, 5.41) is 5.26. The molecule has 0 bridgehead atoms. The zero-order valence-electron chi connectivity index (χ0n) is 14.9. The van der Waals surface area contributed by atoms with Gasteiger partial charge in [-0.2, -0.15) is 5.10 Å². The lowest BCUT2D eigenvalue weighted by Gasteiger charge is -2.15. The van der Waals surface area contributed by atoms with Crippen LogP contribution in [-0.4, -0.2) is 35.7 Å². The highest BCUT2D eigenvalue weighted by atomic mass is 28.3. The van der Waals surface area contributed by atoms with Gasteiger partial charge in [0.2, 0.25) is 0 Å². The minimum absolute atomic E-state index is 0.348. The lowest BCUT2D eigenvalue weighted by atomic mass is 10.0. The summed E-state index contributed by atoms with van der Waals surface area (Å²) in [7, 11) is -1.12. The van der Waals surface area contributed by atoms with Gasteiger partial charge in [-0.15, -0.1) is 0 Å². The van der Waals surface area contributed by atoms with Crippen molar-refractivity contribution in [3.63, 3.8) is 0 Å². The summed E-state index contributed by atoms with van der Waals surface area (Å²) in [6.07, 6.45) is 2.55. The van der Waals surface area contributed by atoms with Crippen LogP contribution >= 0.6 is 0 Å². The number of nitrogens with zero attached hydrogens (tertiary/aromatic N) is 3. The summed E-state index contributed by atoms with van der Waals surface area (Å²) in [4.78, 5) is 16.0. The lowest BCUT2D eigenvalue weighted by molar-refractivity contribution is 0.0812. The average Bonchev–Trinajstić information content (AvgIpc) is 2.97. The van der Waals surface area contributed by atoms with Gasteiger partial charge >= 0.3 is 0 Å². The molecule has 6 heteroatoms. The molecule has 2 aromatic heterocycles. The van der Waals surface area contributed by atoms with E-state index in [1.165, 1.54) is 0 Å². The zero-order valence-corrected chi connectivity index (χ0v) is 15.9. The van der Waals surface area contributed by atoms with Crippen molar-refractivity contribution in [2.75, 3.05) is 6.61 Å². The Bertz CT molecular complexity index is 870. The predicted octanol–water partition coefficient (Wildman–Crippen LogP) is 4.22. The van der Waals surface area contributed by atoms with Gasteiger partial charge in [0.15, 0.2) is 6.29 Å². The molecule has 0 unspecified atom stereocenters. The molecule has 0 saturated carbocycles. The second-order valence-corrected chi connectivity index (χ2v) is 12.9. The van der Waals surface area contributed by atoms with Crippen molar-refractivity contribution in [3.05, 3.63) is 48.3 Å². The van der Waals surface area contributed by atoms with E-state index < -0.39 is 8.07 Å². The Balaban J connectivity index is 1.93. The molecular formula is C19H23N3O2Si. The highest BCUT2D eigenvalue weighted by molar-refractivity contribution is 6.76. The van der Waals surface area contributed by atoms with Gasteiger partial charge in [0.1, 0.15) is 12.4 Å². The number of aldehydes is 1. The Morgan fingerprint density at radius 2 is 2.00 bits per heavy atom. The standard InChI is InChI=1S/C19H23N3O2Si/c1-25(2,3)12-11-24-14-22-18-9-6-7-15(16-8-4-5-10-20-16)19(18)17(13-23)21-22/h4-10,13H,11-12,14H2,1-3H3. The van der Waals surface area contributed by atoms with E-state index in [1.807, 2.05) is 36.4 Å². The fourth-order valence-electron chi connectivity index (χ4n) is 2.70. The van der Waals surface area contributed by atoms with Crippen LogP contribution in [0.2, 0.25) is 25.7 Å². The summed E-state index contributed by atoms with van der Waals surface area (Å²) in [5.74, 6) is 0. The van der Waals surface area contributed by atoms with Crippen molar-refractivity contribution in [2.24, 2.45) is 0 Å². The van der Waals surface area contributed by atoms with Gasteiger partial charge < -0.3 is 4.74 Å². The van der Waals surface area contributed by atoms with E-state index in [4.69, 9.17) is 4.74 Å². The molecule has 2 heterocycles. The molecule has 0 aliphatic rings. The molecule has 0 amide bonds. The van der Waals surface area contributed by atoms with Gasteiger partial charge in [0, 0.05) is 31.8 Å². The van der Waals surface area contributed by atoms with Crippen LogP contribution in [0.15, 0.2) is 42.6 Å². The lowest BCUT2D eigenvalue weighted by Crippen LogP contribution is -2.22. The summed E-state index contributed by atoms with van der Waals surface area (Å²) >= 11 is 0. The highest BCUT2D eigenvalue weighted by Crippen LogP contribution is 2.29. The van der Waals surface area contributed by atoms with Crippen LogP contribution in [0, 0.1) is 0 Å². The van der Waals surface area contributed by atoms with E-state index >= 15 is 0 Å². The SMILES string of the molecule is C[Si](C)(C)CCOCn1nc(C=O)c2c(-c3ccccn3)cccc21. The molecular weight excluding hydrogens is 330 g/mol. The topological polar surface area (TPSA) is 57.0 Å². The molecule has 0 aliphatic heterocycles. The number of fused-ring (bicyclic) bond motifs is 1. The maximum atomic E-state index is 11.5. The molecule has 0 atom stereocenters. The molecule has 25 heavy (non-hydrogen) atoms. The average molecular weight is 353 g/mol. The van der Waals surface area contributed by atoms with Gasteiger partial charge in [-0.1, -0.05) is 37.8 Å². The van der Waals surface area contributed by atoms with Crippen molar-refractivity contribution >= 4 is 25.3 Å². The van der Waals surface area contributed by atoms with Crippen LogP contribution in [0.4, 0.5) is 0 Å². The monoisotopic (exact) mass is 353 g/mol. The molecule has 3 rings (SSSR count). The summed E-state index contributed by atoms with van der Waals surface area (Å²) < 4.78 is 7.57. The van der Waals surface area contributed by atoms with E-state index in [0.717, 1.165) is 34.5 Å². The number of aromatic nitrogens is 3. The van der Waals surface area contributed by atoms with Crippen molar-refractivity contribution in [1.29, 1.82) is 0 Å². The second-order valence-electron chi connectivity index (χ2n) is 7.27. The molecule has 0 fully saturated rings. The number of pyridine rings is 1. The number of hydrogen-bond donors (Lipinski definition) is 0. The largest absolute Gasteiger partial charge is 0.360 e. The Morgan fingerprint density at radius 3 is 2.68 bits per heavy atom. The van der Waals surface area contributed by atoms with Crippen molar-refractivity contribution in [3.8, 4) is 11.3 Å². The maximum absolute atomic E-state index is 11.5. The molecule has 0 N–H and O–H groups in total. The Hall–Kier alpha value is -2.31. The zero-order chi connectivity index (χ0) is 17.9. The van der Waals surface area contributed by atoms with Crippen LogP contribution < -0.4 is 0 Å². The van der Waals surface area contributed by atoms with Gasteiger partial charge in [-0.25, -0.2) is 4.68 Å². The first-order valence-corrected chi connectivity index (χ1v) is 12.1. The smallest absolute Gasteiger partial charge is 0.170 e. The molecule has 0 radical (unpaired) electrons. The summed E-state index contributed by atoms with van der Waals surface area (Å²) in [6.45, 7) is 8.03. The van der Waals surface area contributed by atoms with Crippen LogP contribution in [0.3, 0.4) is 0 Å². The van der Waals surface area contributed by atoms with E-state index in [9.17, 15) is 4.79 Å². The Kier molecular flexibility index (Phi) is 5.10. The number of hydrogen-bond acceptors (Lipinski definition) is 4. The van der Waals surface area contributed by atoms with Gasteiger partial charge in [-0.05, 0) is 24.2 Å². The fourth-order valence-corrected chi connectivity index (χ4v) is 3.46. The first-order chi connectivity index (χ1) is 12.0. The first kappa shape index (κ1) is 17.5. The van der Waals surface area contributed by atoms with Crippen LogP contribution in [0.5, 0.6) is 0 Å². The molecule has 0 spiro atoms. The molecule has 130 valence electrons. The number of ether oxygens (including phenoxy) is 1. The van der Waals surface area contributed by atoms with Crippen molar-refractivity contribution < 1.29 is 9.53 Å². The third kappa shape index (κ3) is 4.03. The highest BCUT2D eigenvalue weighted by Gasteiger charge is 2.16. The fraction of sp³-hybridized carbons (Fsp3) is 0.316. The van der Waals surface area contributed by atoms with Gasteiger partial charge in [0.05, 0.1) is 11.2 Å². The maximum Gasteiger partial charge on any atom is 0.170 e. The number of carbonyl (C=O) groups excluding carboxylic acids is 1. The molecule has 0 saturated heterocycles. The Labute approximate surface area is 148 Å². The van der Waals surface area contributed by atoms with E-state index in [0.29, 0.717) is 19.0 Å². The van der Waals surface area contributed by atoms with Crippen LogP contribution in [0.25, 0.3) is 22.2 Å². The molecule has 3 aromatic rings. The molecule has 0 aliphatic carbocycles. The van der Waals surface area contributed by atoms with Crippen molar-refractivity contribution in [2.45, 2.75) is 32.4 Å². The number of carbonyl (C=O) groups is 1. The van der Waals surface area contributed by atoms with Crippen LogP contribution in [-0.2, 0) is 11.5 Å². The second kappa shape index (κ2) is 7.29. The normalized spacial score (nSPS) is 11.8. The van der Waals surface area contributed by atoms with E-state index in [2.05, 4.69) is 29.7 Å². The predicted molar refractivity (Wildman–Crippen MR) is 102 cm³/mol. The van der Waals surface area contributed by atoms with Crippen LogP contribution in [0.1, 0.15) is 10.5 Å². The summed E-state index contributed by atoms with van der Waals surface area (Å²) in [5.41, 5.74) is 3.05. The first-order valence-electron chi connectivity index (χ1n) is 8.43. The summed E-state index contributed by atoms with van der Waals surface area (Å²) in [6, 6.07) is 12.7. The molecule has 1 aromatic carbocycles. The van der Waals surface area contributed by atoms with E-state index in [-0.39, 0.29) is 0 Å². The van der Waals surface area contributed by atoms with Gasteiger partial charge in [-0.3, -0.25) is 9.78 Å². The number of rotatable bonds is 7. The molecule has 5 nitrogen and oxygen atoms in total. The third-order valence-electron chi connectivity index (χ3n) is 4.07. The Morgan fingerprint density at radius 1 is 1.16 bits per heavy atom. The number of benzene rings is 1. The third-order valence-corrected chi connectivity index (χ3v) is 5.77. The van der Waals surface area contributed by atoms with E-state index in [1.54, 1.807) is 10.9 Å². The minimum atomic E-state index is -1.12. The quantitative estimate of drug-likeness (QED) is 0.362. The van der Waals surface area contributed by atoms with Gasteiger partial charge in [0.25, 0.3) is 0 Å². The minimum Gasteiger partial charge on any atom is -0.360 e.